The summed E-state index contributed by atoms with van der Waals surface area (Å²) in [5.41, 5.74) is 0.539. The van der Waals surface area contributed by atoms with Crippen LogP contribution in [0.2, 0.25) is 0 Å². The van der Waals surface area contributed by atoms with Gasteiger partial charge in [-0.1, -0.05) is 95.0 Å². The van der Waals surface area contributed by atoms with E-state index in [9.17, 15) is 33.6 Å². The molecule has 1 saturated carbocycles. The van der Waals surface area contributed by atoms with Crippen LogP contribution in [0.1, 0.15) is 83.7 Å². The predicted molar refractivity (Wildman–Crippen MR) is 222 cm³/mol. The number of ketones is 1. The molecule has 2 aliphatic rings. The van der Waals surface area contributed by atoms with Crippen LogP contribution in [0.25, 0.3) is 0 Å². The van der Waals surface area contributed by atoms with E-state index in [4.69, 9.17) is 14.2 Å². The summed E-state index contributed by atoms with van der Waals surface area (Å²) in [6.45, 7) is 5.59. The molecule has 4 N–H and O–H groups in total. The first kappa shape index (κ1) is 47.2. The van der Waals surface area contributed by atoms with Gasteiger partial charge < -0.3 is 45.3 Å². The van der Waals surface area contributed by atoms with Crippen LogP contribution in [0, 0.1) is 11.8 Å². The van der Waals surface area contributed by atoms with E-state index in [0.717, 1.165) is 19.3 Å². The number of Topliss-reactive ketones (excluding diaryl/α,β-unsaturated/α-hetero) is 1. The van der Waals surface area contributed by atoms with Gasteiger partial charge in [0.1, 0.15) is 30.5 Å². The van der Waals surface area contributed by atoms with E-state index in [1.54, 1.807) is 51.4 Å². The second-order valence-electron chi connectivity index (χ2n) is 15.9. The summed E-state index contributed by atoms with van der Waals surface area (Å²) in [7, 11) is 3.11. The number of benzene rings is 2. The second kappa shape index (κ2) is 23.9. The average molecular weight is 835 g/mol. The quantitative estimate of drug-likeness (QED) is 0.107. The molecule has 2 aromatic rings. The largest absolute Gasteiger partial charge is 0.491 e. The highest BCUT2D eigenvalue weighted by atomic mass is 16.5. The van der Waals surface area contributed by atoms with Crippen LogP contribution in [0.3, 0.4) is 0 Å². The van der Waals surface area contributed by atoms with Gasteiger partial charge in [-0.3, -0.25) is 28.8 Å². The Hall–Kier alpha value is -5.51. The van der Waals surface area contributed by atoms with Crippen molar-refractivity contribution in [2.45, 2.75) is 102 Å². The molecule has 1 aliphatic carbocycles. The number of hydrogen-bond acceptors (Lipinski definition) is 10. The van der Waals surface area contributed by atoms with Crippen molar-refractivity contribution in [1.82, 2.24) is 31.1 Å². The Bertz CT molecular complexity index is 1740. The Balaban J connectivity index is 1.47. The molecule has 5 atom stereocenters. The number of nitrogens with zero attached hydrogens (tertiary/aromatic N) is 2. The third-order valence-electron chi connectivity index (χ3n) is 10.5. The van der Waals surface area contributed by atoms with Crippen LogP contribution in [0.15, 0.2) is 60.7 Å². The second-order valence-corrected chi connectivity index (χ2v) is 15.9. The van der Waals surface area contributed by atoms with Gasteiger partial charge in [0, 0.05) is 27.1 Å². The molecule has 1 aliphatic heterocycles. The Morgan fingerprint density at radius 2 is 1.52 bits per heavy atom. The molecule has 1 heterocycles. The number of amides is 6. The van der Waals surface area contributed by atoms with Gasteiger partial charge >= 0.3 is 6.09 Å². The van der Waals surface area contributed by atoms with Crippen molar-refractivity contribution in [3.63, 3.8) is 0 Å². The smallest absolute Gasteiger partial charge is 0.407 e. The molecule has 2 aromatic carbocycles. The zero-order valence-electron chi connectivity index (χ0n) is 35.5. The van der Waals surface area contributed by atoms with Crippen molar-refractivity contribution in [3.05, 3.63) is 66.2 Å². The lowest BCUT2D eigenvalue weighted by atomic mass is 9.83. The molecule has 1 saturated heterocycles. The Kier molecular flexibility index (Phi) is 18.8. The van der Waals surface area contributed by atoms with Crippen LogP contribution in [-0.2, 0) is 38.2 Å². The minimum Gasteiger partial charge on any atom is -0.491 e. The molecule has 328 valence electrons. The highest BCUT2D eigenvalue weighted by Gasteiger charge is 2.45. The minimum atomic E-state index is -1.27. The molecular weight excluding hydrogens is 773 g/mol. The lowest BCUT2D eigenvalue weighted by Crippen LogP contribution is -2.58. The van der Waals surface area contributed by atoms with Crippen LogP contribution in [0.5, 0.6) is 5.75 Å². The van der Waals surface area contributed by atoms with Crippen molar-refractivity contribution >= 4 is 41.4 Å². The van der Waals surface area contributed by atoms with E-state index >= 15 is 0 Å². The van der Waals surface area contributed by atoms with Crippen LogP contribution >= 0.6 is 0 Å². The molecule has 60 heavy (non-hydrogen) atoms. The summed E-state index contributed by atoms with van der Waals surface area (Å²) >= 11 is 0. The monoisotopic (exact) mass is 834 g/mol. The summed E-state index contributed by atoms with van der Waals surface area (Å²) in [4.78, 5) is 97.0. The molecule has 6 amide bonds. The standard InChI is InChI=1S/C44H62N6O10/c1-6-16-34(39(52)41(54)45-26-36(51)47-37(42(55)49(4)5)30-17-10-7-11-18-30)46-40(53)35-25-33(59-24-23-58-32-21-14-9-15-22-32)27-50(35)43(56)38(31-19-12-8-13-20-31)48-44(57)60-28-29(2)3/h7,9-11,14-15,17-18,21-22,29,31,33-35,37-38H,6,8,12-13,16,19-20,23-28H2,1-5H3,(H,45,54)(H,46,53)(H,47,51)(H,48,57)/t33?,34?,35-,37?,38?/m0/s1. The molecule has 0 spiro atoms. The third-order valence-corrected chi connectivity index (χ3v) is 10.5. The van der Waals surface area contributed by atoms with Crippen molar-refractivity contribution in [2.24, 2.45) is 11.8 Å². The number of likely N-dealkylation sites (N-methyl/N-ethyl adjacent to an activating group) is 1. The maximum Gasteiger partial charge on any atom is 0.407 e. The number of ether oxygens (including phenoxy) is 3. The van der Waals surface area contributed by atoms with E-state index in [2.05, 4.69) is 21.3 Å². The van der Waals surface area contributed by atoms with Gasteiger partial charge in [-0.2, -0.15) is 0 Å². The molecule has 4 unspecified atom stereocenters. The minimum absolute atomic E-state index is 0.0382. The number of alkyl carbamates (subject to hydrolysis) is 1. The van der Waals surface area contributed by atoms with Gasteiger partial charge in [-0.15, -0.1) is 0 Å². The lowest BCUT2D eigenvalue weighted by molar-refractivity contribution is -0.143. The van der Waals surface area contributed by atoms with E-state index in [-0.39, 0.29) is 57.0 Å². The fourth-order valence-corrected chi connectivity index (χ4v) is 7.37. The first-order valence-corrected chi connectivity index (χ1v) is 21.0. The van der Waals surface area contributed by atoms with Crippen molar-refractivity contribution < 1.29 is 47.8 Å². The SMILES string of the molecule is CCCC(NC(=O)[C@@H]1CC(OCCOc2ccccc2)CN1C(=O)C(NC(=O)OCC(C)C)C1CCCCC1)C(=O)C(=O)NCC(=O)NC(C(=O)N(C)C)c1ccccc1. The number of nitrogens with one attached hydrogen (secondary N) is 4. The molecular formula is C44H62N6O10. The average Bonchev–Trinajstić information content (AvgIpc) is 3.69. The van der Waals surface area contributed by atoms with Crippen LogP contribution in [-0.4, -0.2) is 122 Å². The van der Waals surface area contributed by atoms with Crippen LogP contribution in [0.4, 0.5) is 4.79 Å². The summed E-state index contributed by atoms with van der Waals surface area (Å²) in [6, 6.07) is 13.5. The van der Waals surface area contributed by atoms with E-state index in [1.165, 1.54) is 9.80 Å². The topological polar surface area (TPSA) is 202 Å². The predicted octanol–water partition coefficient (Wildman–Crippen LogP) is 3.30. The number of para-hydroxylation sites is 1. The number of carbonyl (C=O) groups is 7. The van der Waals surface area contributed by atoms with E-state index in [0.29, 0.717) is 30.6 Å². The number of hydrogen-bond donors (Lipinski definition) is 4. The van der Waals surface area contributed by atoms with Gasteiger partial charge in [0.05, 0.1) is 31.9 Å². The number of carbonyl (C=O) groups excluding carboxylic acids is 7. The normalized spacial score (nSPS) is 18.1. The van der Waals surface area contributed by atoms with Gasteiger partial charge in [0.15, 0.2) is 0 Å². The Morgan fingerprint density at radius 1 is 0.850 bits per heavy atom. The van der Waals surface area contributed by atoms with E-state index in [1.807, 2.05) is 44.2 Å². The summed E-state index contributed by atoms with van der Waals surface area (Å²) < 4.78 is 17.3. The van der Waals surface area contributed by atoms with Crippen molar-refractivity contribution in [1.29, 1.82) is 0 Å². The van der Waals surface area contributed by atoms with Gasteiger partial charge in [-0.25, -0.2) is 4.79 Å². The zero-order valence-corrected chi connectivity index (χ0v) is 35.5. The van der Waals surface area contributed by atoms with E-state index < -0.39 is 72.3 Å². The molecule has 0 aromatic heterocycles. The molecule has 2 fully saturated rings. The third kappa shape index (κ3) is 14.3. The summed E-state index contributed by atoms with van der Waals surface area (Å²) in [6.07, 6.45) is 3.53. The van der Waals surface area contributed by atoms with Gasteiger partial charge in [0.25, 0.3) is 5.91 Å². The van der Waals surface area contributed by atoms with Crippen LogP contribution < -0.4 is 26.0 Å². The van der Waals surface area contributed by atoms with Crippen molar-refractivity contribution in [2.75, 3.05) is 47.0 Å². The van der Waals surface area contributed by atoms with Gasteiger partial charge in [0.2, 0.25) is 29.4 Å². The first-order chi connectivity index (χ1) is 28.8. The number of likely N-dealkylation sites (tertiary alicyclic amines) is 1. The summed E-state index contributed by atoms with van der Waals surface area (Å²) in [5, 5.41) is 10.5. The molecule has 0 bridgehead atoms. The fourth-order valence-electron chi connectivity index (χ4n) is 7.37. The molecule has 16 heteroatoms. The lowest BCUT2D eigenvalue weighted by Gasteiger charge is -2.34. The first-order valence-electron chi connectivity index (χ1n) is 21.0. The highest BCUT2D eigenvalue weighted by molar-refractivity contribution is 6.38. The molecule has 0 radical (unpaired) electrons. The fraction of sp³-hybridized carbons (Fsp3) is 0.568. The zero-order chi connectivity index (χ0) is 43.6. The maximum atomic E-state index is 14.5. The summed E-state index contributed by atoms with van der Waals surface area (Å²) in [5.74, 6) is -3.71. The Morgan fingerprint density at radius 3 is 2.15 bits per heavy atom. The molecule has 4 rings (SSSR count). The highest BCUT2D eigenvalue weighted by Crippen LogP contribution is 2.30. The van der Waals surface area contributed by atoms with Gasteiger partial charge in [-0.05, 0) is 48.8 Å². The molecule has 16 nitrogen and oxygen atoms in total. The van der Waals surface area contributed by atoms with Crippen molar-refractivity contribution in [3.8, 4) is 5.75 Å². The maximum absolute atomic E-state index is 14.5. The Labute approximate surface area is 352 Å². The number of rotatable bonds is 21.